The lowest BCUT2D eigenvalue weighted by Gasteiger charge is -1.99. The summed E-state index contributed by atoms with van der Waals surface area (Å²) in [5.41, 5.74) is 1.41. The molecule has 0 fully saturated rings. The molecular weight excluding hydrogens is 236 g/mol. The van der Waals surface area contributed by atoms with E-state index >= 15 is 0 Å². The lowest BCUT2D eigenvalue weighted by Crippen LogP contribution is -1.87. The second-order valence-electron chi connectivity index (χ2n) is 3.52. The third-order valence-electron chi connectivity index (χ3n) is 2.19. The largest absolute Gasteiger partial charge is 0.174 e. The first-order valence-corrected chi connectivity index (χ1v) is 7.11. The smallest absolute Gasteiger partial charge is 0.143 e. The maximum absolute atomic E-state index is 4.09. The Morgan fingerprint density at radius 1 is 1.19 bits per heavy atom. The van der Waals surface area contributed by atoms with Gasteiger partial charge in [-0.2, -0.15) is 0 Å². The van der Waals surface area contributed by atoms with Crippen LogP contribution in [0.5, 0.6) is 0 Å². The van der Waals surface area contributed by atoms with Gasteiger partial charge in [0.2, 0.25) is 0 Å². The Hall–Kier alpha value is -0.870. The van der Waals surface area contributed by atoms with Crippen molar-refractivity contribution < 1.29 is 0 Å². The number of benzene rings is 1. The van der Waals surface area contributed by atoms with Crippen molar-refractivity contribution in [3.8, 4) is 0 Å². The zero-order chi connectivity index (χ0) is 11.2. The van der Waals surface area contributed by atoms with E-state index in [4.69, 9.17) is 0 Å². The molecule has 0 atom stereocenters. The summed E-state index contributed by atoms with van der Waals surface area (Å²) in [4.78, 5) is 0. The van der Waals surface area contributed by atoms with Crippen LogP contribution in [-0.2, 0) is 6.42 Å². The van der Waals surface area contributed by atoms with E-state index in [9.17, 15) is 0 Å². The molecule has 0 amide bonds. The van der Waals surface area contributed by atoms with Crippen molar-refractivity contribution in [2.75, 3.05) is 5.75 Å². The maximum atomic E-state index is 4.09. The number of thioether (sulfide) groups is 1. The van der Waals surface area contributed by atoms with Gasteiger partial charge in [0.1, 0.15) is 5.01 Å². The van der Waals surface area contributed by atoms with Gasteiger partial charge in [0.25, 0.3) is 0 Å². The summed E-state index contributed by atoms with van der Waals surface area (Å²) in [6.07, 6.45) is 2.33. The fourth-order valence-electron chi connectivity index (χ4n) is 1.42. The molecule has 0 saturated heterocycles. The van der Waals surface area contributed by atoms with Gasteiger partial charge in [-0.15, -0.1) is 10.2 Å². The van der Waals surface area contributed by atoms with Crippen LogP contribution < -0.4 is 0 Å². The molecule has 0 aliphatic heterocycles. The molecule has 0 aliphatic rings. The molecule has 0 saturated carbocycles. The van der Waals surface area contributed by atoms with E-state index in [2.05, 4.69) is 40.5 Å². The topological polar surface area (TPSA) is 25.8 Å². The molecule has 1 heterocycles. The third kappa shape index (κ3) is 3.61. The number of rotatable bonds is 5. The van der Waals surface area contributed by atoms with E-state index in [1.54, 1.807) is 23.1 Å². The minimum absolute atomic E-state index is 1.05. The van der Waals surface area contributed by atoms with Crippen LogP contribution in [0.3, 0.4) is 0 Å². The van der Waals surface area contributed by atoms with Crippen molar-refractivity contribution >= 4 is 23.1 Å². The molecule has 0 N–H and O–H groups in total. The SMILES string of the molecule is Cc1nnc(SCCCc2ccccc2)s1. The van der Waals surface area contributed by atoms with Crippen LogP contribution >= 0.6 is 23.1 Å². The summed E-state index contributed by atoms with van der Waals surface area (Å²) in [6.45, 7) is 1.99. The summed E-state index contributed by atoms with van der Waals surface area (Å²) < 4.78 is 1.09. The van der Waals surface area contributed by atoms with Crippen LogP contribution in [0.1, 0.15) is 17.0 Å². The van der Waals surface area contributed by atoms with Crippen molar-refractivity contribution in [2.24, 2.45) is 0 Å². The summed E-state index contributed by atoms with van der Waals surface area (Å²) in [5.74, 6) is 1.11. The van der Waals surface area contributed by atoms with Gasteiger partial charge < -0.3 is 0 Å². The Morgan fingerprint density at radius 3 is 2.69 bits per heavy atom. The van der Waals surface area contributed by atoms with Gasteiger partial charge in [-0.3, -0.25) is 0 Å². The molecular formula is C12H14N2S2. The number of aromatic nitrogens is 2. The predicted octanol–water partition coefficient (Wildman–Crippen LogP) is 3.57. The van der Waals surface area contributed by atoms with Crippen LogP contribution in [0.4, 0.5) is 0 Å². The molecule has 2 aromatic rings. The molecule has 1 aromatic carbocycles. The Balaban J connectivity index is 1.69. The molecule has 2 nitrogen and oxygen atoms in total. The summed E-state index contributed by atoms with van der Waals surface area (Å²) in [6, 6.07) is 10.6. The summed E-state index contributed by atoms with van der Waals surface area (Å²) >= 11 is 3.48. The van der Waals surface area contributed by atoms with Gasteiger partial charge in [-0.25, -0.2) is 0 Å². The Bertz CT molecular complexity index is 426. The minimum Gasteiger partial charge on any atom is -0.143 e. The second kappa shape index (κ2) is 6.01. The fourth-order valence-corrected chi connectivity index (χ4v) is 3.24. The Kier molecular flexibility index (Phi) is 4.36. The van der Waals surface area contributed by atoms with E-state index in [-0.39, 0.29) is 0 Å². The maximum Gasteiger partial charge on any atom is 0.174 e. The van der Waals surface area contributed by atoms with Crippen molar-refractivity contribution in [1.29, 1.82) is 0 Å². The van der Waals surface area contributed by atoms with Gasteiger partial charge in [0, 0.05) is 5.75 Å². The Labute approximate surface area is 104 Å². The predicted molar refractivity (Wildman–Crippen MR) is 70.1 cm³/mol. The minimum atomic E-state index is 1.05. The second-order valence-corrected chi connectivity index (χ2v) is 6.05. The first-order chi connectivity index (χ1) is 7.84. The molecule has 84 valence electrons. The lowest BCUT2D eigenvalue weighted by atomic mass is 10.1. The van der Waals surface area contributed by atoms with Crippen LogP contribution in [0, 0.1) is 6.92 Å². The zero-order valence-electron chi connectivity index (χ0n) is 9.22. The van der Waals surface area contributed by atoms with Gasteiger partial charge in [0.05, 0.1) is 0 Å². The van der Waals surface area contributed by atoms with Gasteiger partial charge in [-0.1, -0.05) is 53.4 Å². The van der Waals surface area contributed by atoms with Gasteiger partial charge in [-0.05, 0) is 25.3 Å². The van der Waals surface area contributed by atoms with E-state index in [0.717, 1.165) is 21.5 Å². The molecule has 16 heavy (non-hydrogen) atoms. The van der Waals surface area contributed by atoms with E-state index in [0.29, 0.717) is 0 Å². The van der Waals surface area contributed by atoms with Crippen molar-refractivity contribution in [1.82, 2.24) is 10.2 Å². The lowest BCUT2D eigenvalue weighted by molar-refractivity contribution is 0.928. The molecule has 2 rings (SSSR count). The molecule has 1 aromatic heterocycles. The fraction of sp³-hybridized carbons (Fsp3) is 0.333. The van der Waals surface area contributed by atoms with E-state index in [1.165, 1.54) is 12.0 Å². The first kappa shape index (κ1) is 11.6. The van der Waals surface area contributed by atoms with Crippen LogP contribution in [0.2, 0.25) is 0 Å². The number of nitrogens with zero attached hydrogens (tertiary/aromatic N) is 2. The summed E-state index contributed by atoms with van der Waals surface area (Å²) in [5, 5.41) is 9.14. The van der Waals surface area contributed by atoms with Crippen LogP contribution in [-0.4, -0.2) is 16.0 Å². The highest BCUT2D eigenvalue weighted by atomic mass is 32.2. The Morgan fingerprint density at radius 2 is 2.00 bits per heavy atom. The molecule has 0 radical (unpaired) electrons. The van der Waals surface area contributed by atoms with Gasteiger partial charge >= 0.3 is 0 Å². The highest BCUT2D eigenvalue weighted by Gasteiger charge is 2.00. The average molecular weight is 250 g/mol. The van der Waals surface area contributed by atoms with Crippen molar-refractivity contribution in [2.45, 2.75) is 24.1 Å². The first-order valence-electron chi connectivity index (χ1n) is 5.31. The monoisotopic (exact) mass is 250 g/mol. The molecule has 0 bridgehead atoms. The normalized spacial score (nSPS) is 10.6. The molecule has 0 aliphatic carbocycles. The van der Waals surface area contributed by atoms with Crippen LogP contribution in [0.25, 0.3) is 0 Å². The zero-order valence-corrected chi connectivity index (χ0v) is 10.9. The molecule has 0 spiro atoms. The van der Waals surface area contributed by atoms with Gasteiger partial charge in [0.15, 0.2) is 4.34 Å². The number of hydrogen-bond donors (Lipinski definition) is 0. The highest BCUT2D eigenvalue weighted by molar-refractivity contribution is 8.01. The number of aryl methyl sites for hydroxylation is 2. The third-order valence-corrected chi connectivity index (χ3v) is 4.24. The summed E-state index contributed by atoms with van der Waals surface area (Å²) in [7, 11) is 0. The standard InChI is InChI=1S/C12H14N2S2/c1-10-13-14-12(16-10)15-9-5-8-11-6-3-2-4-7-11/h2-4,6-7H,5,8-9H2,1H3. The highest BCUT2D eigenvalue weighted by Crippen LogP contribution is 2.22. The molecule has 4 heteroatoms. The van der Waals surface area contributed by atoms with E-state index < -0.39 is 0 Å². The average Bonchev–Trinajstić information content (AvgIpc) is 2.72. The quantitative estimate of drug-likeness (QED) is 0.599. The van der Waals surface area contributed by atoms with Crippen molar-refractivity contribution in [3.05, 3.63) is 40.9 Å². The van der Waals surface area contributed by atoms with Crippen LogP contribution in [0.15, 0.2) is 34.7 Å². The van der Waals surface area contributed by atoms with Crippen molar-refractivity contribution in [3.63, 3.8) is 0 Å². The number of hydrogen-bond acceptors (Lipinski definition) is 4. The molecule has 0 unspecified atom stereocenters. The van der Waals surface area contributed by atoms with E-state index in [1.807, 2.05) is 6.92 Å².